The van der Waals surface area contributed by atoms with Gasteiger partial charge in [0, 0.05) is 5.02 Å². The highest BCUT2D eigenvalue weighted by atomic mass is 35.5. The zero-order valence-electron chi connectivity index (χ0n) is 8.40. The SMILES string of the molecule is CC(S)C(=O)Nc1nc2ccc(Cl)cc2s1. The number of nitrogens with one attached hydrogen (secondary N) is 1. The Morgan fingerprint density at radius 1 is 1.62 bits per heavy atom. The molecule has 1 amide bonds. The van der Waals surface area contributed by atoms with Crippen molar-refractivity contribution < 1.29 is 4.79 Å². The van der Waals surface area contributed by atoms with Gasteiger partial charge in [-0.2, -0.15) is 12.6 Å². The molecule has 3 nitrogen and oxygen atoms in total. The number of carbonyl (C=O) groups is 1. The molecule has 0 bridgehead atoms. The Bertz CT molecular complexity index is 539. The molecule has 0 fully saturated rings. The van der Waals surface area contributed by atoms with E-state index in [4.69, 9.17) is 11.6 Å². The average Bonchev–Trinajstić information content (AvgIpc) is 2.58. The van der Waals surface area contributed by atoms with Gasteiger partial charge in [-0.05, 0) is 25.1 Å². The smallest absolute Gasteiger partial charge is 0.238 e. The molecule has 0 radical (unpaired) electrons. The normalized spacial score (nSPS) is 12.7. The van der Waals surface area contributed by atoms with E-state index in [1.807, 2.05) is 12.1 Å². The van der Waals surface area contributed by atoms with Crippen molar-refractivity contribution in [1.29, 1.82) is 0 Å². The Hall–Kier alpha value is -0.780. The van der Waals surface area contributed by atoms with Crippen molar-refractivity contribution >= 4 is 56.8 Å². The van der Waals surface area contributed by atoms with Crippen LogP contribution in [0.5, 0.6) is 0 Å². The number of carbonyl (C=O) groups excluding carboxylic acids is 1. The molecule has 1 atom stereocenters. The Kier molecular flexibility index (Phi) is 3.37. The van der Waals surface area contributed by atoms with Crippen LogP contribution in [0, 0.1) is 0 Å². The van der Waals surface area contributed by atoms with Gasteiger partial charge < -0.3 is 5.32 Å². The molecule has 2 rings (SSSR count). The van der Waals surface area contributed by atoms with Gasteiger partial charge in [-0.1, -0.05) is 22.9 Å². The Morgan fingerprint density at radius 2 is 2.38 bits per heavy atom. The lowest BCUT2D eigenvalue weighted by atomic mass is 10.3. The highest BCUT2D eigenvalue weighted by Crippen LogP contribution is 2.28. The highest BCUT2D eigenvalue weighted by Gasteiger charge is 2.11. The third-order valence-electron chi connectivity index (χ3n) is 1.96. The van der Waals surface area contributed by atoms with E-state index in [1.165, 1.54) is 11.3 Å². The summed E-state index contributed by atoms with van der Waals surface area (Å²) < 4.78 is 0.953. The molecule has 1 aromatic heterocycles. The van der Waals surface area contributed by atoms with Gasteiger partial charge >= 0.3 is 0 Å². The fourth-order valence-corrected chi connectivity index (χ4v) is 2.37. The second kappa shape index (κ2) is 4.61. The van der Waals surface area contributed by atoms with Crippen LogP contribution in [-0.4, -0.2) is 16.1 Å². The van der Waals surface area contributed by atoms with Crippen LogP contribution in [0.2, 0.25) is 5.02 Å². The molecule has 0 saturated carbocycles. The first kappa shape index (κ1) is 11.7. The topological polar surface area (TPSA) is 42.0 Å². The maximum absolute atomic E-state index is 11.4. The number of nitrogens with zero attached hydrogens (tertiary/aromatic N) is 1. The number of fused-ring (bicyclic) bond motifs is 1. The number of thiol groups is 1. The van der Waals surface area contributed by atoms with E-state index in [2.05, 4.69) is 22.9 Å². The molecule has 0 saturated heterocycles. The van der Waals surface area contributed by atoms with Gasteiger partial charge in [0.2, 0.25) is 5.91 Å². The third-order valence-corrected chi connectivity index (χ3v) is 3.36. The zero-order chi connectivity index (χ0) is 11.7. The van der Waals surface area contributed by atoms with Crippen molar-refractivity contribution in [2.45, 2.75) is 12.2 Å². The molecule has 84 valence electrons. The molecule has 1 aromatic carbocycles. The van der Waals surface area contributed by atoms with Crippen LogP contribution in [-0.2, 0) is 4.79 Å². The summed E-state index contributed by atoms with van der Waals surface area (Å²) in [5.41, 5.74) is 0.830. The van der Waals surface area contributed by atoms with Gasteiger partial charge in [0.1, 0.15) is 0 Å². The predicted molar refractivity (Wildman–Crippen MR) is 71.7 cm³/mol. The fourth-order valence-electron chi connectivity index (χ4n) is 1.16. The van der Waals surface area contributed by atoms with Crippen molar-refractivity contribution in [3.63, 3.8) is 0 Å². The lowest BCUT2D eigenvalue weighted by molar-refractivity contribution is -0.115. The van der Waals surface area contributed by atoms with Crippen LogP contribution in [0.3, 0.4) is 0 Å². The summed E-state index contributed by atoms with van der Waals surface area (Å²) in [5.74, 6) is -0.159. The summed E-state index contributed by atoms with van der Waals surface area (Å²) in [6.45, 7) is 1.71. The summed E-state index contributed by atoms with van der Waals surface area (Å²) in [6, 6.07) is 5.43. The lowest BCUT2D eigenvalue weighted by Gasteiger charge is -2.02. The first-order valence-electron chi connectivity index (χ1n) is 4.61. The van der Waals surface area contributed by atoms with E-state index < -0.39 is 0 Å². The number of benzene rings is 1. The van der Waals surface area contributed by atoms with Gasteiger partial charge in [0.25, 0.3) is 0 Å². The number of hydrogen-bond acceptors (Lipinski definition) is 4. The molecule has 1 heterocycles. The number of rotatable bonds is 2. The van der Waals surface area contributed by atoms with Crippen LogP contribution >= 0.6 is 35.6 Å². The molecule has 1 unspecified atom stereocenters. The predicted octanol–water partition coefficient (Wildman–Crippen LogP) is 3.21. The van der Waals surface area contributed by atoms with Gasteiger partial charge in [0.05, 0.1) is 15.5 Å². The number of thiazole rings is 1. The quantitative estimate of drug-likeness (QED) is 0.825. The summed E-state index contributed by atoms with van der Waals surface area (Å²) in [7, 11) is 0. The minimum atomic E-state index is -0.351. The first-order chi connectivity index (χ1) is 7.56. The minimum Gasteiger partial charge on any atom is -0.301 e. The van der Waals surface area contributed by atoms with Crippen LogP contribution < -0.4 is 5.32 Å². The molecule has 1 N–H and O–H groups in total. The van der Waals surface area contributed by atoms with E-state index in [0.717, 1.165) is 10.2 Å². The lowest BCUT2D eigenvalue weighted by Crippen LogP contribution is -2.20. The molecule has 6 heteroatoms. The summed E-state index contributed by atoms with van der Waals surface area (Å²) in [5, 5.41) is 3.58. The number of amides is 1. The number of halogens is 1. The number of aromatic nitrogens is 1. The second-order valence-electron chi connectivity index (χ2n) is 3.30. The van der Waals surface area contributed by atoms with E-state index in [9.17, 15) is 4.79 Å². The standard InChI is InChI=1S/C10H9ClN2OS2/c1-5(15)9(14)13-10-12-7-3-2-6(11)4-8(7)16-10/h2-5,15H,1H3,(H,12,13,14). The van der Waals surface area contributed by atoms with Crippen LogP contribution in [0.1, 0.15) is 6.92 Å². The van der Waals surface area contributed by atoms with Gasteiger partial charge in [0.15, 0.2) is 5.13 Å². The fraction of sp³-hybridized carbons (Fsp3) is 0.200. The summed E-state index contributed by atoms with van der Waals surface area (Å²) >= 11 is 11.3. The summed E-state index contributed by atoms with van der Waals surface area (Å²) in [4.78, 5) is 15.7. The number of anilines is 1. The van der Waals surface area contributed by atoms with Crippen molar-refractivity contribution in [3.05, 3.63) is 23.2 Å². The van der Waals surface area contributed by atoms with E-state index in [1.54, 1.807) is 13.0 Å². The largest absolute Gasteiger partial charge is 0.301 e. The van der Waals surface area contributed by atoms with Gasteiger partial charge in [-0.3, -0.25) is 4.79 Å². The van der Waals surface area contributed by atoms with Crippen molar-refractivity contribution in [1.82, 2.24) is 4.98 Å². The summed E-state index contributed by atoms with van der Waals surface area (Å²) in [6.07, 6.45) is 0. The molecule has 0 aliphatic heterocycles. The van der Waals surface area contributed by atoms with Crippen molar-refractivity contribution in [2.24, 2.45) is 0 Å². The van der Waals surface area contributed by atoms with Crippen molar-refractivity contribution in [3.8, 4) is 0 Å². The van der Waals surface area contributed by atoms with Gasteiger partial charge in [-0.15, -0.1) is 0 Å². The minimum absolute atomic E-state index is 0.159. The zero-order valence-corrected chi connectivity index (χ0v) is 10.9. The molecular weight excluding hydrogens is 264 g/mol. The van der Waals surface area contributed by atoms with Gasteiger partial charge in [-0.25, -0.2) is 4.98 Å². The van der Waals surface area contributed by atoms with E-state index in [-0.39, 0.29) is 11.2 Å². The maximum atomic E-state index is 11.4. The van der Waals surface area contributed by atoms with E-state index >= 15 is 0 Å². The monoisotopic (exact) mass is 272 g/mol. The van der Waals surface area contributed by atoms with Crippen LogP contribution in [0.25, 0.3) is 10.2 Å². The average molecular weight is 273 g/mol. The first-order valence-corrected chi connectivity index (χ1v) is 6.32. The third kappa shape index (κ3) is 2.48. The van der Waals surface area contributed by atoms with E-state index in [0.29, 0.717) is 10.2 Å². The Labute approximate surface area is 107 Å². The molecule has 0 spiro atoms. The number of hydrogen-bond donors (Lipinski definition) is 2. The molecule has 0 aliphatic rings. The molecular formula is C10H9ClN2OS2. The Balaban J connectivity index is 2.29. The Morgan fingerprint density at radius 3 is 3.06 bits per heavy atom. The van der Waals surface area contributed by atoms with Crippen LogP contribution in [0.4, 0.5) is 5.13 Å². The maximum Gasteiger partial charge on any atom is 0.238 e. The molecule has 16 heavy (non-hydrogen) atoms. The molecule has 0 aliphatic carbocycles. The molecule has 2 aromatic rings. The van der Waals surface area contributed by atoms with Crippen LogP contribution in [0.15, 0.2) is 18.2 Å². The van der Waals surface area contributed by atoms with Crippen molar-refractivity contribution in [2.75, 3.05) is 5.32 Å². The highest BCUT2D eigenvalue weighted by molar-refractivity contribution is 7.81. The second-order valence-corrected chi connectivity index (χ2v) is 5.54.